The first kappa shape index (κ1) is 16.5. The largest absolute Gasteiger partial charge is 0.481 e. The smallest absolute Gasteiger partial charge is 0.318 e. The van der Waals surface area contributed by atoms with Gasteiger partial charge >= 0.3 is 12.0 Å². The van der Waals surface area contributed by atoms with E-state index in [2.05, 4.69) is 18.5 Å². The standard InChI is InChI=1S/C15H26N2O3S/c1-3-11(9-21-2)16-15(20)17-12-4-5-13(17)7-10(6-12)8-14(18)19/h10-13H,3-9H2,1-2H3,(H,16,20)(H,18,19). The summed E-state index contributed by atoms with van der Waals surface area (Å²) in [5.74, 6) is 0.452. The number of rotatable bonds is 6. The fourth-order valence-electron chi connectivity index (χ4n) is 3.75. The molecule has 0 aromatic heterocycles. The first-order valence-corrected chi connectivity index (χ1v) is 9.24. The van der Waals surface area contributed by atoms with Gasteiger partial charge in [0.15, 0.2) is 0 Å². The van der Waals surface area contributed by atoms with E-state index >= 15 is 0 Å². The van der Waals surface area contributed by atoms with Gasteiger partial charge in [-0.1, -0.05) is 6.92 Å². The third-order valence-corrected chi connectivity index (χ3v) is 5.45. The monoisotopic (exact) mass is 314 g/mol. The van der Waals surface area contributed by atoms with Crippen molar-refractivity contribution >= 4 is 23.8 Å². The number of carboxylic acids is 1. The molecule has 0 aromatic rings. The zero-order valence-corrected chi connectivity index (χ0v) is 13.7. The van der Waals surface area contributed by atoms with Crippen molar-refractivity contribution in [3.05, 3.63) is 0 Å². The van der Waals surface area contributed by atoms with Crippen molar-refractivity contribution in [1.82, 2.24) is 10.2 Å². The van der Waals surface area contributed by atoms with E-state index < -0.39 is 5.97 Å². The molecule has 2 rings (SSSR count). The van der Waals surface area contributed by atoms with E-state index in [4.69, 9.17) is 5.11 Å². The molecule has 3 unspecified atom stereocenters. The molecule has 2 fully saturated rings. The number of carbonyl (C=O) groups excluding carboxylic acids is 1. The first-order chi connectivity index (χ1) is 10.0. The van der Waals surface area contributed by atoms with Crippen molar-refractivity contribution in [3.8, 4) is 0 Å². The first-order valence-electron chi connectivity index (χ1n) is 7.84. The number of hydrogen-bond acceptors (Lipinski definition) is 3. The van der Waals surface area contributed by atoms with E-state index in [1.807, 2.05) is 4.90 Å². The molecule has 120 valence electrons. The van der Waals surface area contributed by atoms with Crippen LogP contribution in [-0.2, 0) is 4.79 Å². The minimum Gasteiger partial charge on any atom is -0.481 e. The van der Waals surface area contributed by atoms with Crippen LogP contribution in [0.15, 0.2) is 0 Å². The van der Waals surface area contributed by atoms with Crippen LogP contribution in [0.2, 0.25) is 0 Å². The topological polar surface area (TPSA) is 69.6 Å². The Bertz CT molecular complexity index is 377. The predicted molar refractivity (Wildman–Crippen MR) is 84.6 cm³/mol. The number of carbonyl (C=O) groups is 2. The van der Waals surface area contributed by atoms with Crippen LogP contribution in [0, 0.1) is 5.92 Å². The second-order valence-electron chi connectivity index (χ2n) is 6.24. The number of piperidine rings is 1. The van der Waals surface area contributed by atoms with Crippen molar-refractivity contribution in [2.75, 3.05) is 12.0 Å². The molecule has 3 atom stereocenters. The number of hydrogen-bond donors (Lipinski definition) is 2. The summed E-state index contributed by atoms with van der Waals surface area (Å²) >= 11 is 1.75. The lowest BCUT2D eigenvalue weighted by Crippen LogP contribution is -2.53. The second-order valence-corrected chi connectivity index (χ2v) is 7.15. The Labute approximate surface area is 130 Å². The molecule has 0 saturated carbocycles. The molecule has 2 N–H and O–H groups in total. The van der Waals surface area contributed by atoms with Gasteiger partial charge in [0.05, 0.1) is 0 Å². The highest BCUT2D eigenvalue weighted by molar-refractivity contribution is 7.98. The number of carboxylic acid groups (broad SMARTS) is 1. The van der Waals surface area contributed by atoms with Crippen LogP contribution < -0.4 is 5.32 Å². The summed E-state index contributed by atoms with van der Waals surface area (Å²) in [6.45, 7) is 2.09. The van der Waals surface area contributed by atoms with Gasteiger partial charge in [-0.25, -0.2) is 4.79 Å². The molecular formula is C15H26N2O3S. The highest BCUT2D eigenvalue weighted by Gasteiger charge is 2.43. The van der Waals surface area contributed by atoms with E-state index in [1.165, 1.54) is 0 Å². The van der Waals surface area contributed by atoms with Crippen LogP contribution in [0.1, 0.15) is 45.4 Å². The van der Waals surface area contributed by atoms with Gasteiger partial charge in [0.25, 0.3) is 0 Å². The molecule has 2 heterocycles. The SMILES string of the molecule is CCC(CSC)NC(=O)N1C2CCC1CC(CC(=O)O)C2. The van der Waals surface area contributed by atoms with Gasteiger partial charge in [-0.2, -0.15) is 11.8 Å². The third-order valence-electron chi connectivity index (χ3n) is 4.72. The van der Waals surface area contributed by atoms with E-state index in [1.54, 1.807) is 11.8 Å². The molecule has 0 aliphatic carbocycles. The number of thioether (sulfide) groups is 1. The van der Waals surface area contributed by atoms with E-state index in [0.717, 1.165) is 37.9 Å². The summed E-state index contributed by atoms with van der Waals surface area (Å²) in [4.78, 5) is 25.4. The molecule has 2 saturated heterocycles. The Hall–Kier alpha value is -0.910. The van der Waals surface area contributed by atoms with E-state index in [0.29, 0.717) is 0 Å². The summed E-state index contributed by atoms with van der Waals surface area (Å²) < 4.78 is 0. The van der Waals surface area contributed by atoms with Crippen molar-refractivity contribution < 1.29 is 14.7 Å². The summed E-state index contributed by atoms with van der Waals surface area (Å²) in [6, 6.07) is 0.751. The number of aliphatic carboxylic acids is 1. The summed E-state index contributed by atoms with van der Waals surface area (Å²) in [5, 5.41) is 12.1. The molecule has 2 bridgehead atoms. The van der Waals surface area contributed by atoms with Crippen LogP contribution in [-0.4, -0.2) is 52.1 Å². The van der Waals surface area contributed by atoms with Gasteiger partial charge in [0.2, 0.25) is 0 Å². The minimum atomic E-state index is -0.719. The zero-order valence-electron chi connectivity index (χ0n) is 12.9. The van der Waals surface area contributed by atoms with Crippen molar-refractivity contribution in [2.24, 2.45) is 5.92 Å². The fourth-order valence-corrected chi connectivity index (χ4v) is 4.47. The maximum atomic E-state index is 12.5. The molecule has 0 radical (unpaired) electrons. The molecule has 21 heavy (non-hydrogen) atoms. The zero-order chi connectivity index (χ0) is 15.4. The van der Waals surface area contributed by atoms with Crippen LogP contribution in [0.25, 0.3) is 0 Å². The molecule has 2 amide bonds. The van der Waals surface area contributed by atoms with Gasteiger partial charge in [-0.15, -0.1) is 0 Å². The number of urea groups is 1. The van der Waals surface area contributed by atoms with Crippen molar-refractivity contribution in [2.45, 2.75) is 63.6 Å². The van der Waals surface area contributed by atoms with Crippen LogP contribution in [0.4, 0.5) is 4.79 Å². The fraction of sp³-hybridized carbons (Fsp3) is 0.867. The van der Waals surface area contributed by atoms with Gasteiger partial charge in [0.1, 0.15) is 0 Å². The minimum absolute atomic E-state index is 0.0529. The summed E-state index contributed by atoms with van der Waals surface area (Å²) in [7, 11) is 0. The van der Waals surface area contributed by atoms with Gasteiger partial charge in [-0.3, -0.25) is 4.79 Å². The lowest BCUT2D eigenvalue weighted by molar-refractivity contribution is -0.138. The normalized spacial score (nSPS) is 29.2. The molecular weight excluding hydrogens is 288 g/mol. The maximum Gasteiger partial charge on any atom is 0.318 e. The Morgan fingerprint density at radius 2 is 1.95 bits per heavy atom. The molecule has 5 nitrogen and oxygen atoms in total. The molecule has 2 aliphatic rings. The average Bonchev–Trinajstić information content (AvgIpc) is 2.69. The van der Waals surface area contributed by atoms with Crippen LogP contribution in [0.3, 0.4) is 0 Å². The van der Waals surface area contributed by atoms with Crippen LogP contribution in [0.5, 0.6) is 0 Å². The molecule has 0 spiro atoms. The highest BCUT2D eigenvalue weighted by atomic mass is 32.2. The van der Waals surface area contributed by atoms with Crippen molar-refractivity contribution in [1.29, 1.82) is 0 Å². The highest BCUT2D eigenvalue weighted by Crippen LogP contribution is 2.39. The Morgan fingerprint density at radius 1 is 1.33 bits per heavy atom. The number of amides is 2. The maximum absolute atomic E-state index is 12.5. The molecule has 6 heteroatoms. The molecule has 2 aliphatic heterocycles. The average molecular weight is 314 g/mol. The third kappa shape index (κ3) is 4.05. The lowest BCUT2D eigenvalue weighted by Gasteiger charge is -2.39. The Balaban J connectivity index is 1.93. The second kappa shape index (κ2) is 7.38. The summed E-state index contributed by atoms with van der Waals surface area (Å²) in [5.41, 5.74) is 0. The van der Waals surface area contributed by atoms with Gasteiger partial charge < -0.3 is 15.3 Å². The van der Waals surface area contributed by atoms with Gasteiger partial charge in [0, 0.05) is 30.3 Å². The van der Waals surface area contributed by atoms with Gasteiger partial charge in [-0.05, 0) is 44.3 Å². The summed E-state index contributed by atoms with van der Waals surface area (Å²) in [6.07, 6.45) is 6.96. The Morgan fingerprint density at radius 3 is 2.43 bits per heavy atom. The predicted octanol–water partition coefficient (Wildman–Crippen LogP) is 2.56. The van der Waals surface area contributed by atoms with E-state index in [-0.39, 0.29) is 36.5 Å². The van der Waals surface area contributed by atoms with Crippen molar-refractivity contribution in [3.63, 3.8) is 0 Å². The number of nitrogens with zero attached hydrogens (tertiary/aromatic N) is 1. The Kier molecular flexibility index (Phi) is 5.79. The quantitative estimate of drug-likeness (QED) is 0.790. The number of fused-ring (bicyclic) bond motifs is 2. The lowest BCUT2D eigenvalue weighted by atomic mass is 9.88. The molecule has 0 aromatic carbocycles. The number of nitrogens with one attached hydrogen (secondary N) is 1. The van der Waals surface area contributed by atoms with Crippen LogP contribution >= 0.6 is 11.8 Å². The van der Waals surface area contributed by atoms with E-state index in [9.17, 15) is 9.59 Å².